The molecule has 5 nitrogen and oxygen atoms in total. The molecule has 0 spiro atoms. The smallest absolute Gasteiger partial charge is 0.315 e. The van der Waals surface area contributed by atoms with Gasteiger partial charge >= 0.3 is 6.03 Å². The van der Waals surface area contributed by atoms with E-state index in [1.54, 1.807) is 0 Å². The molecule has 0 aliphatic carbocycles. The molecule has 2 amide bonds. The van der Waals surface area contributed by atoms with E-state index >= 15 is 0 Å². The Labute approximate surface area is 170 Å². The first-order valence-electron chi connectivity index (χ1n) is 10.3. The molecule has 1 atom stereocenters. The molecule has 1 heterocycles. The quantitative estimate of drug-likeness (QED) is 0.709. The molecule has 5 heteroatoms. The third kappa shape index (κ3) is 6.64. The third-order valence-electron chi connectivity index (χ3n) is 5.31. The second-order valence-corrected chi connectivity index (χ2v) is 8.75. The molecule has 0 radical (unpaired) electrons. The van der Waals surface area contributed by atoms with Crippen LogP contribution in [0.15, 0.2) is 30.8 Å². The summed E-state index contributed by atoms with van der Waals surface area (Å²) in [5, 5.41) is 6.23. The average Bonchev–Trinajstić information content (AvgIpc) is 2.65. The minimum atomic E-state index is -0.470. The molecule has 1 fully saturated rings. The lowest BCUT2D eigenvalue weighted by molar-refractivity contribution is 0.0129. The molecule has 156 valence electrons. The van der Waals surface area contributed by atoms with E-state index in [0.29, 0.717) is 18.5 Å². The van der Waals surface area contributed by atoms with Crippen LogP contribution in [0.2, 0.25) is 0 Å². The van der Waals surface area contributed by atoms with Crippen LogP contribution in [0.5, 0.6) is 0 Å². The van der Waals surface area contributed by atoms with Gasteiger partial charge in [-0.05, 0) is 50.3 Å². The fraction of sp³-hybridized carbons (Fsp3) is 0.609. The van der Waals surface area contributed by atoms with Crippen LogP contribution in [-0.2, 0) is 10.3 Å². The van der Waals surface area contributed by atoms with Gasteiger partial charge in [-0.1, -0.05) is 44.2 Å². The maximum atomic E-state index is 12.6. The first-order chi connectivity index (χ1) is 13.2. The van der Waals surface area contributed by atoms with Gasteiger partial charge in [-0.2, -0.15) is 0 Å². The molecule has 1 aliphatic heterocycles. The fourth-order valence-corrected chi connectivity index (χ4v) is 3.63. The van der Waals surface area contributed by atoms with Crippen LogP contribution in [-0.4, -0.2) is 49.8 Å². The standard InChI is InChI=1S/C23H37N3O2/c1-17(2)14-21(26-10-12-28-13-11-26)16-24-22(27)25-23(5,6)20-9-7-8-19(15-20)18(3)4/h7-9,15,17,21H,3,10-14,16H2,1-2,4-6H3,(H2,24,25,27). The van der Waals surface area contributed by atoms with Crippen molar-refractivity contribution in [3.8, 4) is 0 Å². The number of amides is 2. The Kier molecular flexibility index (Phi) is 8.08. The Balaban J connectivity index is 1.96. The van der Waals surface area contributed by atoms with E-state index in [-0.39, 0.29) is 6.03 Å². The molecule has 2 N–H and O–H groups in total. The molecule has 1 aromatic carbocycles. The second kappa shape index (κ2) is 10.1. The minimum Gasteiger partial charge on any atom is -0.379 e. The third-order valence-corrected chi connectivity index (χ3v) is 5.31. The molecular formula is C23H37N3O2. The monoisotopic (exact) mass is 387 g/mol. The number of hydrogen-bond donors (Lipinski definition) is 2. The normalized spacial score (nSPS) is 16.6. The largest absolute Gasteiger partial charge is 0.379 e. The van der Waals surface area contributed by atoms with Gasteiger partial charge in [0.25, 0.3) is 0 Å². The summed E-state index contributed by atoms with van der Waals surface area (Å²) in [6.45, 7) is 18.6. The van der Waals surface area contributed by atoms with Gasteiger partial charge in [0, 0.05) is 25.7 Å². The van der Waals surface area contributed by atoms with Crippen molar-refractivity contribution < 1.29 is 9.53 Å². The highest BCUT2D eigenvalue weighted by molar-refractivity contribution is 5.75. The maximum Gasteiger partial charge on any atom is 0.315 e. The number of hydrogen-bond acceptors (Lipinski definition) is 3. The Morgan fingerprint density at radius 1 is 1.29 bits per heavy atom. The number of carbonyl (C=O) groups excluding carboxylic acids is 1. The van der Waals surface area contributed by atoms with E-state index in [2.05, 4.69) is 42.0 Å². The number of carbonyl (C=O) groups is 1. The van der Waals surface area contributed by atoms with Gasteiger partial charge in [0.15, 0.2) is 0 Å². The highest BCUT2D eigenvalue weighted by Crippen LogP contribution is 2.23. The summed E-state index contributed by atoms with van der Waals surface area (Å²) >= 11 is 0. The summed E-state index contributed by atoms with van der Waals surface area (Å²) in [5.74, 6) is 0.582. The molecule has 1 aliphatic rings. The van der Waals surface area contributed by atoms with Crippen LogP contribution in [0.1, 0.15) is 52.2 Å². The van der Waals surface area contributed by atoms with Gasteiger partial charge in [0.1, 0.15) is 0 Å². The molecule has 0 saturated carbocycles. The number of rotatable bonds is 8. The molecule has 1 aromatic rings. The van der Waals surface area contributed by atoms with Crippen LogP contribution < -0.4 is 10.6 Å². The SMILES string of the molecule is C=C(C)c1cccc(C(C)(C)NC(=O)NCC(CC(C)C)N2CCOCC2)c1. The zero-order valence-corrected chi connectivity index (χ0v) is 18.2. The number of nitrogens with one attached hydrogen (secondary N) is 2. The van der Waals surface area contributed by atoms with Crippen molar-refractivity contribution in [2.45, 2.75) is 52.6 Å². The summed E-state index contributed by atoms with van der Waals surface area (Å²) in [4.78, 5) is 15.1. The summed E-state index contributed by atoms with van der Waals surface area (Å²) in [7, 11) is 0. The Morgan fingerprint density at radius 2 is 1.96 bits per heavy atom. The van der Waals surface area contributed by atoms with Gasteiger partial charge in [-0.25, -0.2) is 4.79 Å². The second-order valence-electron chi connectivity index (χ2n) is 8.75. The molecule has 28 heavy (non-hydrogen) atoms. The summed E-state index contributed by atoms with van der Waals surface area (Å²) in [6, 6.07) is 8.40. The van der Waals surface area contributed by atoms with Crippen molar-refractivity contribution in [2.24, 2.45) is 5.92 Å². The minimum absolute atomic E-state index is 0.132. The number of ether oxygens (including phenoxy) is 1. The molecule has 0 bridgehead atoms. The maximum absolute atomic E-state index is 12.6. The Morgan fingerprint density at radius 3 is 2.57 bits per heavy atom. The Bertz CT molecular complexity index is 664. The Hall–Kier alpha value is -1.85. The van der Waals surface area contributed by atoms with Crippen LogP contribution in [0.3, 0.4) is 0 Å². The average molecular weight is 388 g/mol. The number of benzene rings is 1. The molecule has 1 saturated heterocycles. The lowest BCUT2D eigenvalue weighted by Crippen LogP contribution is -2.52. The van der Waals surface area contributed by atoms with Crippen molar-refractivity contribution >= 4 is 11.6 Å². The summed E-state index contributed by atoms with van der Waals surface area (Å²) in [5.41, 5.74) is 2.71. The van der Waals surface area contributed by atoms with Gasteiger partial charge in [-0.15, -0.1) is 0 Å². The predicted molar refractivity (Wildman–Crippen MR) is 116 cm³/mol. The van der Waals surface area contributed by atoms with E-state index in [1.807, 2.05) is 39.0 Å². The zero-order valence-electron chi connectivity index (χ0n) is 18.2. The van der Waals surface area contributed by atoms with Crippen LogP contribution in [0.4, 0.5) is 4.79 Å². The number of urea groups is 1. The topological polar surface area (TPSA) is 53.6 Å². The van der Waals surface area contributed by atoms with Crippen molar-refractivity contribution in [1.29, 1.82) is 0 Å². The first-order valence-corrected chi connectivity index (χ1v) is 10.3. The lowest BCUT2D eigenvalue weighted by Gasteiger charge is -2.36. The molecule has 0 aromatic heterocycles. The van der Waals surface area contributed by atoms with Gasteiger partial charge in [0.2, 0.25) is 0 Å². The fourth-order valence-electron chi connectivity index (χ4n) is 3.63. The number of morpholine rings is 1. The van der Waals surface area contributed by atoms with E-state index < -0.39 is 5.54 Å². The summed E-state index contributed by atoms with van der Waals surface area (Å²) < 4.78 is 5.47. The number of allylic oxidation sites excluding steroid dienone is 1. The van der Waals surface area contributed by atoms with Crippen molar-refractivity contribution in [1.82, 2.24) is 15.5 Å². The summed E-state index contributed by atoms with van der Waals surface area (Å²) in [6.07, 6.45) is 1.06. The van der Waals surface area contributed by atoms with Crippen LogP contribution in [0.25, 0.3) is 5.57 Å². The number of nitrogens with zero attached hydrogens (tertiary/aromatic N) is 1. The van der Waals surface area contributed by atoms with Gasteiger partial charge in [0.05, 0.1) is 18.8 Å². The highest BCUT2D eigenvalue weighted by atomic mass is 16.5. The van der Waals surface area contributed by atoms with Gasteiger partial charge in [-0.3, -0.25) is 4.90 Å². The van der Waals surface area contributed by atoms with Crippen molar-refractivity contribution in [3.05, 3.63) is 42.0 Å². The molecule has 2 rings (SSSR count). The van der Waals surface area contributed by atoms with Crippen molar-refractivity contribution in [3.63, 3.8) is 0 Å². The van der Waals surface area contributed by atoms with Crippen LogP contribution in [0, 0.1) is 5.92 Å². The lowest BCUT2D eigenvalue weighted by atomic mass is 9.92. The molecule has 1 unspecified atom stereocenters. The predicted octanol–water partition coefficient (Wildman–Crippen LogP) is 4.00. The zero-order chi connectivity index (χ0) is 20.7. The van der Waals surface area contributed by atoms with Gasteiger partial charge < -0.3 is 15.4 Å². The van der Waals surface area contributed by atoms with Crippen molar-refractivity contribution in [2.75, 3.05) is 32.8 Å². The van der Waals surface area contributed by atoms with E-state index in [0.717, 1.165) is 49.4 Å². The van der Waals surface area contributed by atoms with E-state index in [4.69, 9.17) is 4.74 Å². The highest BCUT2D eigenvalue weighted by Gasteiger charge is 2.25. The van der Waals surface area contributed by atoms with E-state index in [1.165, 1.54) is 0 Å². The van der Waals surface area contributed by atoms with Crippen LogP contribution >= 0.6 is 0 Å². The first kappa shape index (κ1) is 22.4. The van der Waals surface area contributed by atoms with E-state index in [9.17, 15) is 4.79 Å². The molecular weight excluding hydrogens is 350 g/mol.